The van der Waals surface area contributed by atoms with Gasteiger partial charge in [0.15, 0.2) is 0 Å². The molecule has 0 aliphatic heterocycles. The summed E-state index contributed by atoms with van der Waals surface area (Å²) in [7, 11) is 0. The van der Waals surface area contributed by atoms with Gasteiger partial charge in [0.1, 0.15) is 0 Å². The van der Waals surface area contributed by atoms with Gasteiger partial charge in [-0.1, -0.05) is 118 Å². The highest BCUT2D eigenvalue weighted by Crippen LogP contribution is 2.50. The molecule has 0 atom stereocenters. The summed E-state index contributed by atoms with van der Waals surface area (Å²) in [6.07, 6.45) is 46.8. The number of allylic oxidation sites excluding steroid dienone is 16. The van der Waals surface area contributed by atoms with Crippen molar-refractivity contribution in [2.75, 3.05) is 0 Å². The standard InChI is InChI=1S/C37H46/c1-2-9-27(8-1)34-22-35(23-34)29-14-5-12-26(13-6-15-29)31-16-7-17-32(21-33(20-31)30-18-19-30)37-24-36(25-37)28-10-3-4-11-28/h5-7,12-17,20-21,27-28,30,34-37H,1-4,8-11,18-19,22-25H2. The maximum Gasteiger partial charge on any atom is -0.0156 e. The zero-order valence-electron chi connectivity index (χ0n) is 22.8. The summed E-state index contributed by atoms with van der Waals surface area (Å²) in [4.78, 5) is 0. The Morgan fingerprint density at radius 2 is 0.946 bits per heavy atom. The smallest absolute Gasteiger partial charge is 0.0156 e. The fourth-order valence-electron chi connectivity index (χ4n) is 8.46. The maximum absolute atomic E-state index is 2.59. The Kier molecular flexibility index (Phi) is 6.87. The minimum absolute atomic E-state index is 0.780. The zero-order chi connectivity index (χ0) is 24.6. The third-order valence-corrected chi connectivity index (χ3v) is 11.2. The van der Waals surface area contributed by atoms with Gasteiger partial charge in [0.05, 0.1) is 0 Å². The van der Waals surface area contributed by atoms with E-state index in [1.165, 1.54) is 101 Å². The van der Waals surface area contributed by atoms with E-state index < -0.39 is 0 Å². The third kappa shape index (κ3) is 5.28. The molecule has 37 heavy (non-hydrogen) atoms. The highest BCUT2D eigenvalue weighted by Gasteiger charge is 2.38. The Morgan fingerprint density at radius 1 is 0.405 bits per heavy atom. The molecule has 0 nitrogen and oxygen atoms in total. The molecule has 7 aliphatic carbocycles. The lowest BCUT2D eigenvalue weighted by Crippen LogP contribution is -2.30. The summed E-state index contributed by atoms with van der Waals surface area (Å²) >= 11 is 0. The van der Waals surface area contributed by atoms with Crippen LogP contribution in [0.2, 0.25) is 0 Å². The van der Waals surface area contributed by atoms with E-state index in [4.69, 9.17) is 0 Å². The first kappa shape index (κ1) is 24.0. The molecule has 0 aromatic rings. The molecule has 194 valence electrons. The Morgan fingerprint density at radius 3 is 1.57 bits per heavy atom. The molecule has 5 saturated carbocycles. The van der Waals surface area contributed by atoms with Crippen molar-refractivity contribution < 1.29 is 0 Å². The van der Waals surface area contributed by atoms with Crippen LogP contribution in [0.25, 0.3) is 0 Å². The predicted octanol–water partition coefficient (Wildman–Crippen LogP) is 10.2. The molecule has 0 heteroatoms. The molecule has 0 radical (unpaired) electrons. The van der Waals surface area contributed by atoms with Crippen LogP contribution >= 0.6 is 0 Å². The molecule has 0 N–H and O–H groups in total. The van der Waals surface area contributed by atoms with Crippen molar-refractivity contribution in [3.05, 3.63) is 94.7 Å². The molecule has 0 heterocycles. The van der Waals surface area contributed by atoms with Crippen LogP contribution in [0.5, 0.6) is 0 Å². The minimum atomic E-state index is 0.780. The molecule has 5 fully saturated rings. The van der Waals surface area contributed by atoms with Crippen LogP contribution in [0.4, 0.5) is 0 Å². The summed E-state index contributed by atoms with van der Waals surface area (Å²) < 4.78 is 0. The van der Waals surface area contributed by atoms with Gasteiger partial charge in [0.2, 0.25) is 0 Å². The molecule has 0 spiro atoms. The summed E-state index contributed by atoms with van der Waals surface area (Å²) in [5.41, 5.74) is 7.44. The second-order valence-electron chi connectivity index (χ2n) is 13.5. The van der Waals surface area contributed by atoms with E-state index in [9.17, 15) is 0 Å². The topological polar surface area (TPSA) is 0 Å². The normalized spacial score (nSPS) is 34.8. The molecule has 7 aliphatic rings. The first-order valence-electron chi connectivity index (χ1n) is 15.9. The lowest BCUT2D eigenvalue weighted by Gasteiger charge is -2.40. The van der Waals surface area contributed by atoms with E-state index in [-0.39, 0.29) is 0 Å². The first-order chi connectivity index (χ1) is 18.3. The Bertz CT molecular complexity index is 1100. The minimum Gasteiger partial charge on any atom is -0.0614 e. The van der Waals surface area contributed by atoms with Crippen LogP contribution < -0.4 is 0 Å². The fraction of sp³-hybridized carbons (Fsp3) is 0.568. The molecule has 0 aromatic carbocycles. The third-order valence-electron chi connectivity index (χ3n) is 11.2. The van der Waals surface area contributed by atoms with Crippen molar-refractivity contribution >= 4 is 0 Å². The van der Waals surface area contributed by atoms with Gasteiger partial charge in [0, 0.05) is 0 Å². The van der Waals surface area contributed by atoms with E-state index in [1.807, 2.05) is 0 Å². The van der Waals surface area contributed by atoms with Crippen molar-refractivity contribution in [3.63, 3.8) is 0 Å². The lowest BCUT2D eigenvalue weighted by atomic mass is 9.65. The maximum atomic E-state index is 2.59. The molecule has 0 amide bonds. The van der Waals surface area contributed by atoms with E-state index in [0.29, 0.717) is 0 Å². The number of hydrogen-bond acceptors (Lipinski definition) is 0. The molecule has 0 unspecified atom stereocenters. The molecular weight excluding hydrogens is 444 g/mol. The molecule has 0 saturated heterocycles. The summed E-state index contributed by atoms with van der Waals surface area (Å²) in [5, 5.41) is 0. The quantitative estimate of drug-likeness (QED) is 0.347. The second-order valence-corrected chi connectivity index (χ2v) is 13.5. The van der Waals surface area contributed by atoms with E-state index >= 15 is 0 Å². The predicted molar refractivity (Wildman–Crippen MR) is 157 cm³/mol. The van der Waals surface area contributed by atoms with Crippen molar-refractivity contribution in [3.8, 4) is 0 Å². The van der Waals surface area contributed by atoms with Gasteiger partial charge in [0.25, 0.3) is 0 Å². The lowest BCUT2D eigenvalue weighted by molar-refractivity contribution is 0.152. The number of hydrogen-bond donors (Lipinski definition) is 0. The highest BCUT2D eigenvalue weighted by molar-refractivity contribution is 5.56. The van der Waals surface area contributed by atoms with E-state index in [1.54, 1.807) is 16.7 Å². The van der Waals surface area contributed by atoms with Crippen LogP contribution in [0, 0.1) is 41.4 Å². The molecule has 7 rings (SSSR count). The Balaban J connectivity index is 1.01. The fourth-order valence-corrected chi connectivity index (χ4v) is 8.46. The highest BCUT2D eigenvalue weighted by atomic mass is 14.4. The average molecular weight is 491 g/mol. The molecule has 0 aromatic heterocycles. The van der Waals surface area contributed by atoms with Crippen LogP contribution in [-0.2, 0) is 0 Å². The van der Waals surface area contributed by atoms with Crippen molar-refractivity contribution in [2.24, 2.45) is 41.4 Å². The molecule has 0 bridgehead atoms. The van der Waals surface area contributed by atoms with Gasteiger partial charge in [-0.3, -0.25) is 0 Å². The van der Waals surface area contributed by atoms with Crippen LogP contribution in [0.1, 0.15) is 89.9 Å². The van der Waals surface area contributed by atoms with Crippen LogP contribution in [-0.4, -0.2) is 0 Å². The van der Waals surface area contributed by atoms with E-state index in [0.717, 1.165) is 41.4 Å². The Hall–Kier alpha value is -2.08. The monoisotopic (exact) mass is 490 g/mol. The largest absolute Gasteiger partial charge is 0.0614 e. The second kappa shape index (κ2) is 10.6. The SMILES string of the molecule is C1=CC(C2=CC(C3CC3)=CC(C3CC(C4CCCC4)C3)=CC=C2)=CC=CC(C2CC(C3CCCC3)C2)=C1. The van der Waals surface area contributed by atoms with Gasteiger partial charge < -0.3 is 0 Å². The Labute approximate surface area is 225 Å². The first-order valence-corrected chi connectivity index (χ1v) is 15.9. The average Bonchev–Trinajstić information content (AvgIpc) is 3.26. The van der Waals surface area contributed by atoms with Crippen LogP contribution in [0.3, 0.4) is 0 Å². The van der Waals surface area contributed by atoms with Gasteiger partial charge in [-0.15, -0.1) is 0 Å². The van der Waals surface area contributed by atoms with Crippen molar-refractivity contribution in [1.82, 2.24) is 0 Å². The summed E-state index contributed by atoms with van der Waals surface area (Å²) in [6, 6.07) is 0. The van der Waals surface area contributed by atoms with Gasteiger partial charge in [-0.2, -0.15) is 0 Å². The van der Waals surface area contributed by atoms with E-state index in [2.05, 4.69) is 66.8 Å². The van der Waals surface area contributed by atoms with Crippen molar-refractivity contribution in [1.29, 1.82) is 0 Å². The molecular formula is C37H46. The number of rotatable bonds is 6. The van der Waals surface area contributed by atoms with Gasteiger partial charge in [-0.05, 0) is 108 Å². The van der Waals surface area contributed by atoms with Crippen LogP contribution in [0.15, 0.2) is 94.7 Å². The summed E-state index contributed by atoms with van der Waals surface area (Å²) in [5.74, 6) is 6.46. The van der Waals surface area contributed by atoms with Gasteiger partial charge in [-0.25, -0.2) is 0 Å². The van der Waals surface area contributed by atoms with Crippen molar-refractivity contribution in [2.45, 2.75) is 89.9 Å². The van der Waals surface area contributed by atoms with Gasteiger partial charge >= 0.3 is 0 Å². The zero-order valence-corrected chi connectivity index (χ0v) is 22.8. The summed E-state index contributed by atoms with van der Waals surface area (Å²) in [6.45, 7) is 0.